The van der Waals surface area contributed by atoms with Gasteiger partial charge in [0.05, 0.1) is 11.1 Å². The summed E-state index contributed by atoms with van der Waals surface area (Å²) in [5.74, 6) is 0.783. The fourth-order valence-electron chi connectivity index (χ4n) is 1.08. The van der Waals surface area contributed by atoms with Crippen LogP contribution in [0.1, 0.15) is 0 Å². The van der Waals surface area contributed by atoms with Gasteiger partial charge in [0.15, 0.2) is 0 Å². The third-order valence-corrected chi connectivity index (χ3v) is 2.19. The molecule has 80 valence electrons. The van der Waals surface area contributed by atoms with Crippen molar-refractivity contribution in [2.45, 2.75) is 6.04 Å². The lowest BCUT2D eigenvalue weighted by molar-refractivity contribution is 0.471. The smallest absolute Gasteiger partial charge is 0.145 e. The number of aromatic nitrogens is 1. The minimum Gasteiger partial charge on any atom is -0.364 e. The molecule has 1 aromatic heterocycles. The topological polar surface area (TPSA) is 37.0 Å². The fraction of sp³-hybridized carbons (Fsp3) is 0.375. The summed E-state index contributed by atoms with van der Waals surface area (Å²) in [7, 11) is 0. The minimum absolute atomic E-state index is 0. The molecule has 1 aliphatic rings. The number of hydrogen-bond acceptors (Lipinski definition) is 3. The number of rotatable bonds is 2. The monoisotopic (exact) mass is 255 g/mol. The fourth-order valence-corrected chi connectivity index (χ4v) is 1.25. The summed E-state index contributed by atoms with van der Waals surface area (Å²) >= 11 is 5.90. The van der Waals surface area contributed by atoms with E-state index in [0.717, 1.165) is 18.9 Å². The van der Waals surface area contributed by atoms with E-state index in [0.29, 0.717) is 11.1 Å². The summed E-state index contributed by atoms with van der Waals surface area (Å²) in [6, 6.07) is 4.15. The maximum absolute atomic E-state index is 5.90. The van der Waals surface area contributed by atoms with E-state index in [-0.39, 0.29) is 24.8 Å². The molecule has 2 heterocycles. The van der Waals surface area contributed by atoms with Gasteiger partial charge in [0.25, 0.3) is 0 Å². The van der Waals surface area contributed by atoms with Gasteiger partial charge in [-0.25, -0.2) is 4.98 Å². The Morgan fingerprint density at radius 1 is 1.43 bits per heavy atom. The Bertz CT molecular complexity index is 278. The summed E-state index contributed by atoms with van der Waals surface area (Å²) in [5.41, 5.74) is 0. The third-order valence-electron chi connectivity index (χ3n) is 1.88. The summed E-state index contributed by atoms with van der Waals surface area (Å²) in [6.07, 6.45) is 1.74. The minimum atomic E-state index is 0. The first-order chi connectivity index (χ1) is 5.86. The van der Waals surface area contributed by atoms with Crippen molar-refractivity contribution in [2.75, 3.05) is 18.4 Å². The van der Waals surface area contributed by atoms with Crippen LogP contribution in [-0.4, -0.2) is 24.1 Å². The van der Waals surface area contributed by atoms with Crippen LogP contribution in [0.2, 0.25) is 5.02 Å². The van der Waals surface area contributed by atoms with Crippen molar-refractivity contribution in [3.63, 3.8) is 0 Å². The summed E-state index contributed by atoms with van der Waals surface area (Å²) in [5, 5.41) is 7.09. The van der Waals surface area contributed by atoms with Crippen molar-refractivity contribution in [3.05, 3.63) is 23.4 Å². The molecule has 1 aliphatic heterocycles. The molecule has 0 spiro atoms. The molecule has 0 atom stereocenters. The first kappa shape index (κ1) is 13.8. The Labute approximate surface area is 100 Å². The quantitative estimate of drug-likeness (QED) is 0.849. The number of halogens is 3. The molecule has 1 saturated heterocycles. The van der Waals surface area contributed by atoms with Crippen LogP contribution in [0, 0.1) is 0 Å². The van der Waals surface area contributed by atoms with Crippen LogP contribution < -0.4 is 10.6 Å². The second-order valence-electron chi connectivity index (χ2n) is 2.83. The van der Waals surface area contributed by atoms with Gasteiger partial charge in [-0.1, -0.05) is 11.6 Å². The van der Waals surface area contributed by atoms with Crippen LogP contribution in [0.25, 0.3) is 0 Å². The molecule has 6 heteroatoms. The van der Waals surface area contributed by atoms with Gasteiger partial charge in [-0.05, 0) is 12.1 Å². The van der Waals surface area contributed by atoms with Gasteiger partial charge in [0.1, 0.15) is 5.82 Å². The second kappa shape index (κ2) is 6.30. The van der Waals surface area contributed by atoms with Crippen LogP contribution in [0.15, 0.2) is 18.3 Å². The van der Waals surface area contributed by atoms with E-state index in [1.54, 1.807) is 6.20 Å². The number of nitrogens with zero attached hydrogens (tertiary/aromatic N) is 1. The third kappa shape index (κ3) is 3.17. The van der Waals surface area contributed by atoms with E-state index in [9.17, 15) is 0 Å². The highest BCUT2D eigenvalue weighted by atomic mass is 35.5. The van der Waals surface area contributed by atoms with Crippen LogP contribution in [-0.2, 0) is 0 Å². The predicted molar refractivity (Wildman–Crippen MR) is 64.0 cm³/mol. The molecule has 14 heavy (non-hydrogen) atoms. The van der Waals surface area contributed by atoms with Gasteiger partial charge in [0.2, 0.25) is 0 Å². The summed E-state index contributed by atoms with van der Waals surface area (Å²) in [4.78, 5) is 4.13. The highest BCUT2D eigenvalue weighted by Crippen LogP contribution is 2.18. The van der Waals surface area contributed by atoms with Gasteiger partial charge >= 0.3 is 0 Å². The normalized spacial score (nSPS) is 14.6. The van der Waals surface area contributed by atoms with Gasteiger partial charge < -0.3 is 10.6 Å². The zero-order valence-corrected chi connectivity index (χ0v) is 9.75. The Hall–Kier alpha value is -0.220. The number of anilines is 1. The predicted octanol–water partition coefficient (Wildman–Crippen LogP) is 1.96. The van der Waals surface area contributed by atoms with E-state index in [4.69, 9.17) is 11.6 Å². The van der Waals surface area contributed by atoms with E-state index in [1.165, 1.54) is 0 Å². The second-order valence-corrected chi connectivity index (χ2v) is 3.24. The van der Waals surface area contributed by atoms with Gasteiger partial charge in [0, 0.05) is 19.3 Å². The Morgan fingerprint density at radius 2 is 2.14 bits per heavy atom. The molecule has 1 aromatic rings. The molecule has 0 radical (unpaired) electrons. The Balaban J connectivity index is 0.000000845. The molecule has 0 aromatic carbocycles. The van der Waals surface area contributed by atoms with Gasteiger partial charge in [-0.3, -0.25) is 0 Å². The van der Waals surface area contributed by atoms with E-state index in [1.807, 2.05) is 12.1 Å². The molecule has 0 saturated carbocycles. The lowest BCUT2D eigenvalue weighted by Gasteiger charge is -2.28. The molecule has 3 nitrogen and oxygen atoms in total. The van der Waals surface area contributed by atoms with Crippen molar-refractivity contribution in [3.8, 4) is 0 Å². The zero-order chi connectivity index (χ0) is 8.39. The first-order valence-electron chi connectivity index (χ1n) is 3.94. The highest BCUT2D eigenvalue weighted by molar-refractivity contribution is 6.32. The maximum atomic E-state index is 5.90. The van der Waals surface area contributed by atoms with Crippen LogP contribution in [0.3, 0.4) is 0 Å². The maximum Gasteiger partial charge on any atom is 0.145 e. The lowest BCUT2D eigenvalue weighted by atomic mass is 10.2. The number of pyridine rings is 1. The molecule has 0 aliphatic carbocycles. The van der Waals surface area contributed by atoms with E-state index in [2.05, 4.69) is 15.6 Å². The van der Waals surface area contributed by atoms with Gasteiger partial charge in [-0.2, -0.15) is 0 Å². The molecule has 2 N–H and O–H groups in total. The van der Waals surface area contributed by atoms with E-state index >= 15 is 0 Å². The summed E-state index contributed by atoms with van der Waals surface area (Å²) < 4.78 is 0. The van der Waals surface area contributed by atoms with E-state index < -0.39 is 0 Å². The van der Waals surface area contributed by atoms with Crippen molar-refractivity contribution < 1.29 is 0 Å². The molecule has 0 amide bonds. The molecule has 1 fully saturated rings. The molecule has 0 bridgehead atoms. The Morgan fingerprint density at radius 3 is 2.64 bits per heavy atom. The average molecular weight is 257 g/mol. The molecule has 2 rings (SSSR count). The van der Waals surface area contributed by atoms with Crippen molar-refractivity contribution >= 4 is 42.2 Å². The SMILES string of the molecule is Cl.Cl.Clc1cccnc1NC1CNC1. The molecular formula is C8H12Cl3N3. The van der Waals surface area contributed by atoms with Crippen LogP contribution in [0.5, 0.6) is 0 Å². The largest absolute Gasteiger partial charge is 0.364 e. The van der Waals surface area contributed by atoms with Gasteiger partial charge in [-0.15, -0.1) is 24.8 Å². The lowest BCUT2D eigenvalue weighted by Crippen LogP contribution is -2.51. The molecule has 0 unspecified atom stereocenters. The van der Waals surface area contributed by atoms with Crippen molar-refractivity contribution in [1.29, 1.82) is 0 Å². The average Bonchev–Trinajstić information content (AvgIpc) is 2.00. The Kier molecular flexibility index (Phi) is 6.20. The van der Waals surface area contributed by atoms with Crippen molar-refractivity contribution in [1.82, 2.24) is 10.3 Å². The first-order valence-corrected chi connectivity index (χ1v) is 4.32. The standard InChI is InChI=1S/C8H10ClN3.2ClH/c9-7-2-1-3-11-8(7)12-6-4-10-5-6;;/h1-3,6,10H,4-5H2,(H,11,12);2*1H. The van der Waals surface area contributed by atoms with Crippen LogP contribution >= 0.6 is 36.4 Å². The van der Waals surface area contributed by atoms with Crippen LogP contribution in [0.4, 0.5) is 5.82 Å². The zero-order valence-electron chi connectivity index (χ0n) is 7.37. The number of nitrogens with one attached hydrogen (secondary N) is 2. The number of hydrogen-bond donors (Lipinski definition) is 2. The highest BCUT2D eigenvalue weighted by Gasteiger charge is 2.17. The van der Waals surface area contributed by atoms with Crippen molar-refractivity contribution in [2.24, 2.45) is 0 Å². The molecular weight excluding hydrogens is 244 g/mol. The summed E-state index contributed by atoms with van der Waals surface area (Å²) in [6.45, 7) is 1.99.